The van der Waals surface area contributed by atoms with Crippen LogP contribution in [0.15, 0.2) is 0 Å². The molecule has 2 saturated heterocycles. The van der Waals surface area contributed by atoms with Gasteiger partial charge in [0.1, 0.15) is 15.7 Å². The van der Waals surface area contributed by atoms with Gasteiger partial charge in [0.15, 0.2) is 0 Å². The maximum Gasteiger partial charge on any atom is 0.345 e. The molecule has 2 heterocycles. The van der Waals surface area contributed by atoms with Gasteiger partial charge in [-0.1, -0.05) is 0 Å². The van der Waals surface area contributed by atoms with Crippen LogP contribution >= 0.6 is 7.67 Å². The van der Waals surface area contributed by atoms with Gasteiger partial charge in [0.2, 0.25) is 0 Å². The van der Waals surface area contributed by atoms with Gasteiger partial charge in [0.25, 0.3) is 0 Å². The van der Waals surface area contributed by atoms with Crippen LogP contribution < -0.4 is 0 Å². The van der Waals surface area contributed by atoms with Crippen LogP contribution in [0.4, 0.5) is 0 Å². The molecule has 0 aromatic heterocycles. The molecule has 0 spiro atoms. The molecule has 0 aromatic rings. The van der Waals surface area contributed by atoms with Crippen LogP contribution in [0.25, 0.3) is 0 Å². The Kier molecular flexibility index (Phi) is 7.34. The highest BCUT2D eigenvalue weighted by atomic mass is 31.2. The number of aliphatic hydroxyl groups excluding tert-OH is 1. The SMILES string of the molecule is [B][C@H]1CN(C)CC(COP(=O)(N(C)C)N2CC(CO)O[C@@H]([B])C2)O1. The van der Waals surface area contributed by atoms with Crippen LogP contribution in [-0.4, -0.2) is 120 Å². The molecule has 24 heavy (non-hydrogen) atoms. The molecule has 0 aromatic carbocycles. The Morgan fingerprint density at radius 2 is 1.79 bits per heavy atom. The summed E-state index contributed by atoms with van der Waals surface area (Å²) in [5, 5.41) is 9.33. The highest BCUT2D eigenvalue weighted by molar-refractivity contribution is 7.53. The zero-order valence-electron chi connectivity index (χ0n) is 14.6. The summed E-state index contributed by atoms with van der Waals surface area (Å²) in [5.74, 6) is 0. The number of rotatable bonds is 6. The first kappa shape index (κ1) is 20.4. The minimum absolute atomic E-state index is 0.157. The predicted molar refractivity (Wildman–Crippen MR) is 92.2 cm³/mol. The van der Waals surface area contributed by atoms with Crippen LogP contribution in [0.5, 0.6) is 0 Å². The van der Waals surface area contributed by atoms with Gasteiger partial charge in [-0.2, -0.15) is 0 Å². The number of hydrogen-bond acceptors (Lipinski definition) is 6. The van der Waals surface area contributed by atoms with Crippen molar-refractivity contribution in [3.8, 4) is 0 Å². The zero-order chi connectivity index (χ0) is 17.9. The Balaban J connectivity index is 2.03. The lowest BCUT2D eigenvalue weighted by Crippen LogP contribution is -2.50. The van der Waals surface area contributed by atoms with Gasteiger partial charge < -0.3 is 24.0 Å². The third-order valence-electron chi connectivity index (χ3n) is 4.04. The first-order valence-electron chi connectivity index (χ1n) is 8.04. The number of hydrogen-bond donors (Lipinski definition) is 1. The highest BCUT2D eigenvalue weighted by Gasteiger charge is 2.41. The van der Waals surface area contributed by atoms with Crippen molar-refractivity contribution in [2.24, 2.45) is 0 Å². The topological polar surface area (TPSA) is 74.7 Å². The Hall–Kier alpha value is 0.0799. The van der Waals surface area contributed by atoms with E-state index < -0.39 is 19.8 Å². The van der Waals surface area contributed by atoms with Crippen LogP contribution in [0, 0.1) is 0 Å². The lowest BCUT2D eigenvalue weighted by Gasteiger charge is -2.42. The molecular formula is C13H26B2N3O5P. The van der Waals surface area contributed by atoms with E-state index >= 15 is 0 Å². The predicted octanol–water partition coefficient (Wildman–Crippen LogP) is -1.31. The number of aliphatic hydroxyl groups is 1. The van der Waals surface area contributed by atoms with Gasteiger partial charge in [0.05, 0.1) is 25.4 Å². The third kappa shape index (κ3) is 5.05. The van der Waals surface area contributed by atoms with Crippen LogP contribution in [0.1, 0.15) is 0 Å². The summed E-state index contributed by atoms with van der Waals surface area (Å²) < 4.78 is 33.5. The molecule has 0 aliphatic carbocycles. The molecule has 2 aliphatic rings. The summed E-state index contributed by atoms with van der Waals surface area (Å²) in [6, 6.07) is -1.01. The molecule has 4 radical (unpaired) electrons. The van der Waals surface area contributed by atoms with Gasteiger partial charge >= 0.3 is 7.67 Å². The molecule has 1 N–H and O–H groups in total. The molecule has 134 valence electrons. The smallest absolute Gasteiger partial charge is 0.345 e. The normalized spacial score (nSPS) is 35.9. The molecule has 5 atom stereocenters. The van der Waals surface area contributed by atoms with Crippen LogP contribution in [0.2, 0.25) is 0 Å². The highest BCUT2D eigenvalue weighted by Crippen LogP contribution is 2.53. The first-order chi connectivity index (χ1) is 11.2. The first-order valence-corrected chi connectivity index (χ1v) is 9.57. The number of ether oxygens (including phenoxy) is 2. The Labute approximate surface area is 146 Å². The van der Waals surface area contributed by atoms with Crippen molar-refractivity contribution in [2.75, 3.05) is 60.5 Å². The average molecular weight is 357 g/mol. The second-order valence-corrected chi connectivity index (χ2v) is 9.11. The lowest BCUT2D eigenvalue weighted by molar-refractivity contribution is -0.0694. The zero-order valence-corrected chi connectivity index (χ0v) is 15.5. The van der Waals surface area contributed by atoms with Gasteiger partial charge in [-0.25, -0.2) is 9.34 Å². The molecule has 2 fully saturated rings. The van der Waals surface area contributed by atoms with E-state index in [9.17, 15) is 9.67 Å². The van der Waals surface area contributed by atoms with Crippen LogP contribution in [-0.2, 0) is 18.6 Å². The minimum Gasteiger partial charge on any atom is -0.394 e. The van der Waals surface area contributed by atoms with Crippen molar-refractivity contribution in [3.63, 3.8) is 0 Å². The number of nitrogens with zero attached hydrogens (tertiary/aromatic N) is 3. The van der Waals surface area contributed by atoms with Crippen molar-refractivity contribution >= 4 is 23.4 Å². The summed E-state index contributed by atoms with van der Waals surface area (Å²) in [4.78, 5) is 2.05. The minimum atomic E-state index is -3.30. The Bertz CT molecular complexity index is 451. The van der Waals surface area contributed by atoms with Crippen molar-refractivity contribution in [1.82, 2.24) is 14.2 Å². The fourth-order valence-corrected chi connectivity index (χ4v) is 4.96. The van der Waals surface area contributed by atoms with Crippen molar-refractivity contribution in [2.45, 2.75) is 24.2 Å². The van der Waals surface area contributed by atoms with E-state index in [2.05, 4.69) is 4.90 Å². The van der Waals surface area contributed by atoms with E-state index in [0.717, 1.165) is 0 Å². The fraction of sp³-hybridized carbons (Fsp3) is 1.00. The summed E-state index contributed by atoms with van der Waals surface area (Å²) in [7, 11) is 13.7. The van der Waals surface area contributed by atoms with Crippen LogP contribution in [0.3, 0.4) is 0 Å². The third-order valence-corrected chi connectivity index (χ3v) is 6.58. The second-order valence-electron chi connectivity index (χ2n) is 6.50. The number of likely N-dealkylation sites (N-methyl/N-ethyl adjacent to an activating group) is 1. The molecule has 3 unspecified atom stereocenters. The molecule has 0 amide bonds. The summed E-state index contributed by atoms with van der Waals surface area (Å²) in [5.41, 5.74) is 0. The summed E-state index contributed by atoms with van der Waals surface area (Å²) >= 11 is 0. The van der Waals surface area contributed by atoms with E-state index in [4.69, 9.17) is 29.7 Å². The second kappa shape index (κ2) is 8.64. The molecule has 0 saturated carbocycles. The average Bonchev–Trinajstić information content (AvgIpc) is 2.50. The Morgan fingerprint density at radius 3 is 2.38 bits per heavy atom. The summed E-state index contributed by atoms with van der Waals surface area (Å²) in [6.45, 7) is 1.82. The van der Waals surface area contributed by atoms with E-state index in [0.29, 0.717) is 13.1 Å². The molecule has 0 bridgehead atoms. The van der Waals surface area contributed by atoms with E-state index in [1.165, 1.54) is 0 Å². The van der Waals surface area contributed by atoms with Gasteiger partial charge in [0, 0.05) is 38.2 Å². The fourth-order valence-electron chi connectivity index (χ4n) is 2.94. The standard InChI is InChI=1S/C13H26B2N3O5P/c1-16(2)24(20,18-5-10(8-19)22-13(15)7-18)21-9-11-4-17(3)6-12(14)23-11/h10-13,19H,4-9H2,1-3H3/t10?,11?,12-,13-,24?/m1/s1. The number of morpholine rings is 2. The molecular weight excluding hydrogens is 331 g/mol. The molecule has 2 rings (SSSR count). The quantitative estimate of drug-likeness (QED) is 0.464. The van der Waals surface area contributed by atoms with Crippen molar-refractivity contribution < 1.29 is 23.7 Å². The van der Waals surface area contributed by atoms with E-state index in [1.54, 1.807) is 23.4 Å². The van der Waals surface area contributed by atoms with Crippen molar-refractivity contribution in [1.29, 1.82) is 0 Å². The molecule has 11 heteroatoms. The molecule has 8 nitrogen and oxygen atoms in total. The molecule has 2 aliphatic heterocycles. The van der Waals surface area contributed by atoms with Crippen molar-refractivity contribution in [3.05, 3.63) is 0 Å². The van der Waals surface area contributed by atoms with Gasteiger partial charge in [-0.15, -0.1) is 0 Å². The van der Waals surface area contributed by atoms with Gasteiger partial charge in [-0.3, -0.25) is 4.57 Å². The monoisotopic (exact) mass is 357 g/mol. The van der Waals surface area contributed by atoms with E-state index in [1.807, 2.05) is 7.05 Å². The maximum absolute atomic E-state index is 13.4. The van der Waals surface area contributed by atoms with E-state index in [-0.39, 0.29) is 38.4 Å². The van der Waals surface area contributed by atoms with Gasteiger partial charge in [-0.05, 0) is 21.1 Å². The summed E-state index contributed by atoms with van der Waals surface area (Å²) in [6.07, 6.45) is -0.744. The Morgan fingerprint density at radius 1 is 1.17 bits per heavy atom. The largest absolute Gasteiger partial charge is 0.394 e. The maximum atomic E-state index is 13.4. The lowest BCUT2D eigenvalue weighted by atomic mass is 9.98.